The molecule has 120 valence electrons. The second-order valence-electron chi connectivity index (χ2n) is 5.71. The Morgan fingerprint density at radius 2 is 1.62 bits per heavy atom. The molecule has 0 fully saturated rings. The van der Waals surface area contributed by atoms with Crippen molar-refractivity contribution in [1.29, 1.82) is 0 Å². The maximum absolute atomic E-state index is 12.1. The van der Waals surface area contributed by atoms with Gasteiger partial charge in [0.2, 0.25) is 10.0 Å². The summed E-state index contributed by atoms with van der Waals surface area (Å²) in [4.78, 5) is 0.0798. The minimum atomic E-state index is -3.75. The van der Waals surface area contributed by atoms with Gasteiger partial charge in [-0.1, -0.05) is 12.1 Å². The Labute approximate surface area is 126 Å². The van der Waals surface area contributed by atoms with Gasteiger partial charge in [-0.25, -0.2) is 21.6 Å². The van der Waals surface area contributed by atoms with Crippen molar-refractivity contribution in [3.05, 3.63) is 29.8 Å². The predicted molar refractivity (Wildman–Crippen MR) is 83.2 cm³/mol. The normalized spacial score (nSPS) is 14.9. The van der Waals surface area contributed by atoms with E-state index in [9.17, 15) is 16.8 Å². The van der Waals surface area contributed by atoms with Gasteiger partial charge < -0.3 is 5.73 Å². The third-order valence-electron chi connectivity index (χ3n) is 3.41. The molecule has 0 spiro atoms. The molecule has 1 rings (SSSR count). The molecule has 1 unspecified atom stereocenters. The molecule has 1 atom stereocenters. The molecule has 0 aliphatic carbocycles. The number of hydrogen-bond acceptors (Lipinski definition) is 5. The smallest absolute Gasteiger partial charge is 0.240 e. The van der Waals surface area contributed by atoms with Crippen molar-refractivity contribution >= 4 is 19.9 Å². The summed E-state index contributed by atoms with van der Waals surface area (Å²) in [6.45, 7) is 4.56. The van der Waals surface area contributed by atoms with Gasteiger partial charge in [0.25, 0.3) is 0 Å². The lowest BCUT2D eigenvalue weighted by Crippen LogP contribution is -2.43. The minimum absolute atomic E-state index is 0.0798. The molecular formula is C13H22N2O4S2. The number of benzene rings is 1. The van der Waals surface area contributed by atoms with Crippen LogP contribution in [0.2, 0.25) is 0 Å². The molecule has 3 N–H and O–H groups in total. The van der Waals surface area contributed by atoms with Crippen LogP contribution in [0.5, 0.6) is 0 Å². The summed E-state index contributed by atoms with van der Waals surface area (Å²) >= 11 is 0. The molecule has 0 heterocycles. The monoisotopic (exact) mass is 334 g/mol. The molecule has 21 heavy (non-hydrogen) atoms. The fourth-order valence-electron chi connectivity index (χ4n) is 1.43. The lowest BCUT2D eigenvalue weighted by molar-refractivity contribution is 0.537. The molecule has 0 aliphatic heterocycles. The lowest BCUT2D eigenvalue weighted by atomic mass is 10.1. The SMILES string of the molecule is CC(N)c1ccc(S(=O)(=O)NCC(C)(C)S(C)(=O)=O)cc1. The largest absolute Gasteiger partial charge is 0.324 e. The molecule has 1 aromatic rings. The van der Waals surface area contributed by atoms with Gasteiger partial charge in [0, 0.05) is 18.8 Å². The van der Waals surface area contributed by atoms with Gasteiger partial charge in [0.05, 0.1) is 9.64 Å². The van der Waals surface area contributed by atoms with Crippen molar-refractivity contribution in [1.82, 2.24) is 4.72 Å². The van der Waals surface area contributed by atoms with E-state index in [1.165, 1.54) is 26.0 Å². The first-order chi connectivity index (χ1) is 9.37. The summed E-state index contributed by atoms with van der Waals surface area (Å²) in [5.74, 6) is 0. The van der Waals surface area contributed by atoms with Crippen LogP contribution in [0.15, 0.2) is 29.2 Å². The number of sulfone groups is 1. The van der Waals surface area contributed by atoms with E-state index in [0.29, 0.717) is 0 Å². The minimum Gasteiger partial charge on any atom is -0.324 e. The standard InChI is InChI=1S/C13H22N2O4S2/c1-10(14)11-5-7-12(8-6-11)21(18,19)15-9-13(2,3)20(4,16)17/h5-8,10,15H,9,14H2,1-4H3. The van der Waals surface area contributed by atoms with Crippen molar-refractivity contribution in [3.63, 3.8) is 0 Å². The fraction of sp³-hybridized carbons (Fsp3) is 0.538. The first-order valence-electron chi connectivity index (χ1n) is 6.42. The summed E-state index contributed by atoms with van der Waals surface area (Å²) in [6.07, 6.45) is 1.08. The van der Waals surface area contributed by atoms with Gasteiger partial charge in [-0.3, -0.25) is 0 Å². The third kappa shape index (κ3) is 4.50. The van der Waals surface area contributed by atoms with Crippen molar-refractivity contribution in [2.75, 3.05) is 12.8 Å². The quantitative estimate of drug-likeness (QED) is 0.800. The number of rotatable bonds is 6. The Hall–Kier alpha value is -0.960. The molecule has 6 nitrogen and oxygen atoms in total. The second kappa shape index (κ2) is 6.04. The van der Waals surface area contributed by atoms with E-state index in [1.807, 2.05) is 0 Å². The van der Waals surface area contributed by atoms with Crippen molar-refractivity contribution < 1.29 is 16.8 Å². The first kappa shape index (κ1) is 18.1. The summed E-state index contributed by atoms with van der Waals surface area (Å²) in [5.41, 5.74) is 6.53. The maximum atomic E-state index is 12.1. The Balaban J connectivity index is 2.93. The van der Waals surface area contributed by atoms with E-state index in [0.717, 1.165) is 11.8 Å². The molecule has 0 amide bonds. The van der Waals surface area contributed by atoms with Crippen LogP contribution in [0, 0.1) is 0 Å². The number of sulfonamides is 1. The molecule has 0 aliphatic rings. The van der Waals surface area contributed by atoms with Gasteiger partial charge in [-0.05, 0) is 38.5 Å². The molecule has 0 saturated heterocycles. The Kier molecular flexibility index (Phi) is 5.20. The number of hydrogen-bond donors (Lipinski definition) is 2. The van der Waals surface area contributed by atoms with Crippen LogP contribution in [-0.2, 0) is 19.9 Å². The van der Waals surface area contributed by atoms with E-state index in [-0.39, 0.29) is 17.5 Å². The van der Waals surface area contributed by atoms with Crippen molar-refractivity contribution in [2.24, 2.45) is 5.73 Å². The van der Waals surface area contributed by atoms with E-state index >= 15 is 0 Å². The molecule has 0 radical (unpaired) electrons. The molecule has 0 bridgehead atoms. The van der Waals surface area contributed by atoms with Gasteiger partial charge in [0.1, 0.15) is 0 Å². The molecule has 8 heteroatoms. The highest BCUT2D eigenvalue weighted by molar-refractivity contribution is 7.92. The van der Waals surface area contributed by atoms with Crippen LogP contribution in [-0.4, -0.2) is 34.4 Å². The van der Waals surface area contributed by atoms with Crippen LogP contribution >= 0.6 is 0 Å². The summed E-state index contributed by atoms with van der Waals surface area (Å²) in [7, 11) is -7.12. The first-order valence-corrected chi connectivity index (χ1v) is 9.79. The lowest BCUT2D eigenvalue weighted by Gasteiger charge is -2.22. The average Bonchev–Trinajstić information content (AvgIpc) is 2.35. The Morgan fingerprint density at radius 1 is 1.14 bits per heavy atom. The highest BCUT2D eigenvalue weighted by Crippen LogP contribution is 2.17. The van der Waals surface area contributed by atoms with Crippen LogP contribution in [0.3, 0.4) is 0 Å². The molecule has 0 aromatic heterocycles. The van der Waals surface area contributed by atoms with Gasteiger partial charge in [0.15, 0.2) is 9.84 Å². The van der Waals surface area contributed by atoms with Gasteiger partial charge in [-0.2, -0.15) is 0 Å². The number of nitrogens with two attached hydrogens (primary N) is 1. The Morgan fingerprint density at radius 3 is 2.00 bits per heavy atom. The highest BCUT2D eigenvalue weighted by atomic mass is 32.2. The van der Waals surface area contributed by atoms with E-state index in [1.54, 1.807) is 19.1 Å². The van der Waals surface area contributed by atoms with Crippen LogP contribution in [0.1, 0.15) is 32.4 Å². The van der Waals surface area contributed by atoms with E-state index in [4.69, 9.17) is 5.73 Å². The molecule has 1 aromatic carbocycles. The molecular weight excluding hydrogens is 312 g/mol. The second-order valence-corrected chi connectivity index (χ2v) is 10.1. The van der Waals surface area contributed by atoms with Crippen LogP contribution < -0.4 is 10.5 Å². The van der Waals surface area contributed by atoms with Crippen molar-refractivity contribution in [3.8, 4) is 0 Å². The third-order valence-corrected chi connectivity index (χ3v) is 6.98. The predicted octanol–water partition coefficient (Wildman–Crippen LogP) is 0.808. The fourth-order valence-corrected chi connectivity index (χ4v) is 3.07. The number of nitrogens with one attached hydrogen (secondary N) is 1. The van der Waals surface area contributed by atoms with Crippen LogP contribution in [0.25, 0.3) is 0 Å². The van der Waals surface area contributed by atoms with Gasteiger partial charge >= 0.3 is 0 Å². The van der Waals surface area contributed by atoms with Gasteiger partial charge in [-0.15, -0.1) is 0 Å². The zero-order chi connectivity index (χ0) is 16.5. The van der Waals surface area contributed by atoms with E-state index in [2.05, 4.69) is 4.72 Å². The van der Waals surface area contributed by atoms with E-state index < -0.39 is 24.6 Å². The highest BCUT2D eigenvalue weighted by Gasteiger charge is 2.31. The zero-order valence-corrected chi connectivity index (χ0v) is 14.3. The molecule has 0 saturated carbocycles. The summed E-state index contributed by atoms with van der Waals surface area (Å²) in [6, 6.07) is 6.00. The van der Waals surface area contributed by atoms with Crippen molar-refractivity contribution in [2.45, 2.75) is 36.5 Å². The average molecular weight is 334 g/mol. The Bertz CT molecular complexity index is 690. The van der Waals surface area contributed by atoms with Crippen LogP contribution in [0.4, 0.5) is 0 Å². The summed E-state index contributed by atoms with van der Waals surface area (Å²) in [5, 5.41) is 0. The zero-order valence-electron chi connectivity index (χ0n) is 12.6. The topological polar surface area (TPSA) is 106 Å². The summed E-state index contributed by atoms with van der Waals surface area (Å²) < 4.78 is 48.6. The maximum Gasteiger partial charge on any atom is 0.240 e.